The van der Waals surface area contributed by atoms with Gasteiger partial charge >= 0.3 is 0 Å². The van der Waals surface area contributed by atoms with Crippen LogP contribution in [0, 0.1) is 0 Å². The number of rotatable bonds is 7. The second kappa shape index (κ2) is 7.03. The van der Waals surface area contributed by atoms with Gasteiger partial charge in [0.15, 0.2) is 0 Å². The van der Waals surface area contributed by atoms with Crippen molar-refractivity contribution in [3.05, 3.63) is 35.4 Å². The Hall–Kier alpha value is -0.910. The van der Waals surface area contributed by atoms with Crippen LogP contribution in [-0.2, 0) is 22.4 Å². The normalized spacial score (nSPS) is 13.7. The van der Waals surface area contributed by atoms with Gasteiger partial charge in [0.25, 0.3) is 0 Å². The summed E-state index contributed by atoms with van der Waals surface area (Å²) in [4.78, 5) is 0. The molecule has 0 radical (unpaired) electrons. The average Bonchev–Trinajstić information content (AvgIpc) is 2.38. The average molecular weight is 285 g/mol. The van der Waals surface area contributed by atoms with Gasteiger partial charge < -0.3 is 5.11 Å². The van der Waals surface area contributed by atoms with E-state index in [2.05, 4.69) is 0 Å². The highest BCUT2D eigenvalue weighted by Crippen LogP contribution is 2.15. The first-order chi connectivity index (χ1) is 8.90. The van der Waals surface area contributed by atoms with Gasteiger partial charge in [-0.15, -0.1) is 0 Å². The molecule has 1 rings (SSSR count). The van der Waals surface area contributed by atoms with Gasteiger partial charge in [-0.1, -0.05) is 37.6 Å². The van der Waals surface area contributed by atoms with Crippen molar-refractivity contribution < 1.29 is 13.5 Å². The molecule has 4 nitrogen and oxygen atoms in total. The van der Waals surface area contributed by atoms with E-state index >= 15 is 0 Å². The van der Waals surface area contributed by atoms with E-state index < -0.39 is 10.0 Å². The zero-order chi connectivity index (χ0) is 14.5. The maximum Gasteiger partial charge on any atom is 0.218 e. The largest absolute Gasteiger partial charge is 0.392 e. The maximum atomic E-state index is 12.2. The molecule has 0 aliphatic rings. The molecular weight excluding hydrogens is 262 g/mol. The lowest BCUT2D eigenvalue weighted by atomic mass is 10.2. The second-order valence-electron chi connectivity index (χ2n) is 4.88. The molecule has 0 spiro atoms. The zero-order valence-corrected chi connectivity index (χ0v) is 12.7. The molecule has 0 saturated heterocycles. The van der Waals surface area contributed by atoms with Gasteiger partial charge in [-0.25, -0.2) is 12.7 Å². The minimum absolute atomic E-state index is 0.00324. The van der Waals surface area contributed by atoms with E-state index in [-0.39, 0.29) is 18.4 Å². The molecule has 0 bridgehead atoms. The monoisotopic (exact) mass is 285 g/mol. The van der Waals surface area contributed by atoms with Crippen molar-refractivity contribution in [1.82, 2.24) is 4.31 Å². The summed E-state index contributed by atoms with van der Waals surface area (Å²) in [6.07, 6.45) is 1.82. The van der Waals surface area contributed by atoms with E-state index in [1.165, 1.54) is 4.31 Å². The molecule has 0 aromatic heterocycles. The summed E-state index contributed by atoms with van der Waals surface area (Å²) in [5.74, 6) is 0.00324. The fraction of sp³-hybridized carbons (Fsp3) is 0.571. The number of aliphatic hydroxyl groups excluding tert-OH is 1. The van der Waals surface area contributed by atoms with Crippen LogP contribution in [0.2, 0.25) is 0 Å². The highest BCUT2D eigenvalue weighted by Gasteiger charge is 2.22. The minimum Gasteiger partial charge on any atom is -0.392 e. The lowest BCUT2D eigenvalue weighted by molar-refractivity contribution is 0.282. The number of nitrogens with zero attached hydrogens (tertiary/aromatic N) is 1. The Kier molecular flexibility index (Phi) is 5.97. The molecule has 0 heterocycles. The molecule has 0 saturated carbocycles. The predicted octanol–water partition coefficient (Wildman–Crippen LogP) is 2.13. The van der Waals surface area contributed by atoms with Gasteiger partial charge in [0.1, 0.15) is 0 Å². The third-order valence-corrected chi connectivity index (χ3v) is 5.26. The molecule has 0 aliphatic carbocycles. The molecule has 0 amide bonds. The van der Waals surface area contributed by atoms with Crippen LogP contribution in [0.15, 0.2) is 24.3 Å². The Labute approximate surface area is 116 Å². The van der Waals surface area contributed by atoms with Crippen molar-refractivity contribution in [2.75, 3.05) is 7.05 Å². The van der Waals surface area contributed by atoms with Crippen LogP contribution in [-0.4, -0.2) is 30.9 Å². The van der Waals surface area contributed by atoms with E-state index in [1.807, 2.05) is 13.8 Å². The van der Waals surface area contributed by atoms with E-state index in [1.54, 1.807) is 31.3 Å². The van der Waals surface area contributed by atoms with Crippen molar-refractivity contribution in [3.8, 4) is 0 Å². The van der Waals surface area contributed by atoms with Crippen molar-refractivity contribution >= 4 is 10.0 Å². The fourth-order valence-corrected chi connectivity index (χ4v) is 3.40. The predicted molar refractivity (Wildman–Crippen MR) is 77.1 cm³/mol. The summed E-state index contributed by atoms with van der Waals surface area (Å²) in [5, 5.41) is 8.95. The molecule has 108 valence electrons. The van der Waals surface area contributed by atoms with Gasteiger partial charge in [0.05, 0.1) is 12.4 Å². The second-order valence-corrected chi connectivity index (χ2v) is 6.91. The Morgan fingerprint density at radius 1 is 1.21 bits per heavy atom. The van der Waals surface area contributed by atoms with E-state index in [0.29, 0.717) is 0 Å². The maximum absolute atomic E-state index is 12.2. The summed E-state index contributed by atoms with van der Waals surface area (Å²) in [5.41, 5.74) is 1.53. The number of benzene rings is 1. The standard InChI is InChI=1S/C14H23NO3S/c1-4-5-12(2)15(3)19(17,18)11-14-8-6-13(10-16)7-9-14/h6-9,12,16H,4-5,10-11H2,1-3H3. The van der Waals surface area contributed by atoms with Crippen molar-refractivity contribution in [2.45, 2.75) is 45.1 Å². The number of hydrogen-bond acceptors (Lipinski definition) is 3. The number of sulfonamides is 1. The first-order valence-electron chi connectivity index (χ1n) is 6.55. The van der Waals surface area contributed by atoms with Gasteiger partial charge in [-0.3, -0.25) is 0 Å². The molecule has 1 aromatic carbocycles. The Balaban J connectivity index is 2.77. The van der Waals surface area contributed by atoms with Gasteiger partial charge in [-0.2, -0.15) is 0 Å². The van der Waals surface area contributed by atoms with Crippen LogP contribution in [0.5, 0.6) is 0 Å². The lowest BCUT2D eigenvalue weighted by Crippen LogP contribution is -2.35. The molecular formula is C14H23NO3S. The Bertz CT molecular complexity index is 482. The highest BCUT2D eigenvalue weighted by molar-refractivity contribution is 7.88. The van der Waals surface area contributed by atoms with Gasteiger partial charge in [0, 0.05) is 13.1 Å². The third-order valence-electron chi connectivity index (χ3n) is 3.32. The highest BCUT2D eigenvalue weighted by atomic mass is 32.2. The molecule has 1 unspecified atom stereocenters. The molecule has 0 fully saturated rings. The van der Waals surface area contributed by atoms with Crippen LogP contribution in [0.1, 0.15) is 37.8 Å². The summed E-state index contributed by atoms with van der Waals surface area (Å²) >= 11 is 0. The lowest BCUT2D eigenvalue weighted by Gasteiger charge is -2.24. The molecule has 5 heteroatoms. The van der Waals surface area contributed by atoms with Crippen LogP contribution < -0.4 is 0 Å². The van der Waals surface area contributed by atoms with Crippen LogP contribution in [0.4, 0.5) is 0 Å². The van der Waals surface area contributed by atoms with Crippen molar-refractivity contribution in [1.29, 1.82) is 0 Å². The van der Waals surface area contributed by atoms with Crippen molar-refractivity contribution in [2.24, 2.45) is 0 Å². The first kappa shape index (κ1) is 16.1. The number of hydrogen-bond donors (Lipinski definition) is 1. The SMILES string of the molecule is CCCC(C)N(C)S(=O)(=O)Cc1ccc(CO)cc1. The van der Waals surface area contributed by atoms with Crippen LogP contribution in [0.3, 0.4) is 0 Å². The quantitative estimate of drug-likeness (QED) is 0.835. The summed E-state index contributed by atoms with van der Waals surface area (Å²) in [6, 6.07) is 7.02. The topological polar surface area (TPSA) is 57.6 Å². The summed E-state index contributed by atoms with van der Waals surface area (Å²) < 4.78 is 25.9. The van der Waals surface area contributed by atoms with Crippen LogP contribution >= 0.6 is 0 Å². The zero-order valence-electron chi connectivity index (χ0n) is 11.8. The van der Waals surface area contributed by atoms with E-state index in [0.717, 1.165) is 24.0 Å². The molecule has 1 N–H and O–H groups in total. The Morgan fingerprint density at radius 2 is 1.74 bits per heavy atom. The minimum atomic E-state index is -3.28. The van der Waals surface area contributed by atoms with E-state index in [9.17, 15) is 8.42 Å². The summed E-state index contributed by atoms with van der Waals surface area (Å²) in [6.45, 7) is 3.95. The number of aliphatic hydroxyl groups is 1. The smallest absolute Gasteiger partial charge is 0.218 e. The Morgan fingerprint density at radius 3 is 2.21 bits per heavy atom. The molecule has 0 aliphatic heterocycles. The molecule has 1 atom stereocenters. The van der Waals surface area contributed by atoms with Gasteiger partial charge in [-0.05, 0) is 24.5 Å². The van der Waals surface area contributed by atoms with Crippen LogP contribution in [0.25, 0.3) is 0 Å². The van der Waals surface area contributed by atoms with E-state index in [4.69, 9.17) is 5.11 Å². The summed E-state index contributed by atoms with van der Waals surface area (Å²) in [7, 11) is -1.65. The molecule has 1 aromatic rings. The van der Waals surface area contributed by atoms with Crippen molar-refractivity contribution in [3.63, 3.8) is 0 Å². The molecule has 19 heavy (non-hydrogen) atoms. The first-order valence-corrected chi connectivity index (χ1v) is 8.16. The third kappa shape index (κ3) is 4.60. The van der Waals surface area contributed by atoms with Gasteiger partial charge in [0.2, 0.25) is 10.0 Å². The fourth-order valence-electron chi connectivity index (χ4n) is 1.93.